The fourth-order valence-electron chi connectivity index (χ4n) is 1.69. The number of alkyl halides is 3. The standard InChI is InChI=1S/C12H9ClF2O/c13-7-9-5-1-3-8-4-2-6-10(11(8)9)16-12(14)15/h1-6,12H,7H2. The first-order chi connectivity index (χ1) is 7.72. The van der Waals surface area contributed by atoms with Crippen molar-refractivity contribution in [2.24, 2.45) is 0 Å². The van der Waals surface area contributed by atoms with E-state index in [4.69, 9.17) is 11.6 Å². The number of ether oxygens (including phenoxy) is 1. The van der Waals surface area contributed by atoms with Gasteiger partial charge >= 0.3 is 6.61 Å². The summed E-state index contributed by atoms with van der Waals surface area (Å²) in [5.41, 5.74) is 0.787. The third-order valence-corrected chi connectivity index (χ3v) is 2.60. The Hall–Kier alpha value is -1.35. The quantitative estimate of drug-likeness (QED) is 0.734. The van der Waals surface area contributed by atoms with Crippen LogP contribution in [0.2, 0.25) is 0 Å². The fourth-order valence-corrected chi connectivity index (χ4v) is 1.91. The Labute approximate surface area is 96.6 Å². The molecule has 0 fully saturated rings. The van der Waals surface area contributed by atoms with E-state index in [0.29, 0.717) is 5.39 Å². The van der Waals surface area contributed by atoms with Gasteiger partial charge < -0.3 is 4.74 Å². The molecule has 0 aromatic heterocycles. The van der Waals surface area contributed by atoms with Crippen LogP contribution in [-0.2, 0) is 5.88 Å². The lowest BCUT2D eigenvalue weighted by molar-refractivity contribution is -0.0488. The zero-order chi connectivity index (χ0) is 11.5. The van der Waals surface area contributed by atoms with Crippen LogP contribution in [0.5, 0.6) is 5.75 Å². The van der Waals surface area contributed by atoms with E-state index in [-0.39, 0.29) is 11.6 Å². The van der Waals surface area contributed by atoms with Crippen molar-refractivity contribution in [2.75, 3.05) is 0 Å². The van der Waals surface area contributed by atoms with Gasteiger partial charge in [-0.1, -0.05) is 30.3 Å². The molecule has 0 saturated carbocycles. The normalized spacial score (nSPS) is 11.0. The minimum absolute atomic E-state index is 0.170. The highest BCUT2D eigenvalue weighted by Gasteiger charge is 2.10. The van der Waals surface area contributed by atoms with Crippen LogP contribution >= 0.6 is 11.6 Å². The first kappa shape index (κ1) is 11.1. The molecule has 84 valence electrons. The van der Waals surface area contributed by atoms with Crippen LogP contribution in [0.15, 0.2) is 36.4 Å². The van der Waals surface area contributed by atoms with Crippen molar-refractivity contribution in [3.8, 4) is 5.75 Å². The minimum Gasteiger partial charge on any atom is -0.434 e. The van der Waals surface area contributed by atoms with Crippen LogP contribution in [0, 0.1) is 0 Å². The SMILES string of the molecule is FC(F)Oc1cccc2cccc(CCl)c12. The molecule has 4 heteroatoms. The second-order valence-corrected chi connectivity index (χ2v) is 3.55. The number of benzene rings is 2. The van der Waals surface area contributed by atoms with Gasteiger partial charge in [0.1, 0.15) is 5.75 Å². The van der Waals surface area contributed by atoms with E-state index in [2.05, 4.69) is 4.74 Å². The lowest BCUT2D eigenvalue weighted by Crippen LogP contribution is -2.02. The van der Waals surface area contributed by atoms with Crippen molar-refractivity contribution in [1.82, 2.24) is 0 Å². The van der Waals surface area contributed by atoms with Crippen LogP contribution in [0.1, 0.15) is 5.56 Å². The van der Waals surface area contributed by atoms with Crippen molar-refractivity contribution in [3.05, 3.63) is 42.0 Å². The summed E-state index contributed by atoms with van der Waals surface area (Å²) in [5, 5.41) is 1.50. The van der Waals surface area contributed by atoms with Crippen molar-refractivity contribution < 1.29 is 13.5 Å². The summed E-state index contributed by atoms with van der Waals surface area (Å²) in [5.74, 6) is 0.435. The van der Waals surface area contributed by atoms with E-state index in [9.17, 15) is 8.78 Å². The molecule has 16 heavy (non-hydrogen) atoms. The average molecular weight is 243 g/mol. The van der Waals surface area contributed by atoms with Crippen molar-refractivity contribution in [1.29, 1.82) is 0 Å². The molecule has 0 radical (unpaired) electrons. The summed E-state index contributed by atoms with van der Waals surface area (Å²) in [4.78, 5) is 0. The highest BCUT2D eigenvalue weighted by Crippen LogP contribution is 2.30. The van der Waals surface area contributed by atoms with Gasteiger partial charge in [0, 0.05) is 11.3 Å². The van der Waals surface area contributed by atoms with E-state index in [0.717, 1.165) is 10.9 Å². The highest BCUT2D eigenvalue weighted by atomic mass is 35.5. The lowest BCUT2D eigenvalue weighted by atomic mass is 10.0. The molecule has 0 heterocycles. The van der Waals surface area contributed by atoms with Gasteiger partial charge in [0.2, 0.25) is 0 Å². The second kappa shape index (κ2) is 4.66. The Morgan fingerprint density at radius 1 is 1.12 bits per heavy atom. The Kier molecular flexibility index (Phi) is 3.25. The maximum absolute atomic E-state index is 12.2. The number of halogens is 3. The molecule has 0 atom stereocenters. The molecule has 0 bridgehead atoms. The molecule has 0 saturated heterocycles. The summed E-state index contributed by atoms with van der Waals surface area (Å²) >= 11 is 5.77. The molecular weight excluding hydrogens is 234 g/mol. The maximum Gasteiger partial charge on any atom is 0.387 e. The molecule has 0 aliphatic heterocycles. The van der Waals surface area contributed by atoms with Crippen LogP contribution in [-0.4, -0.2) is 6.61 Å². The zero-order valence-corrected chi connectivity index (χ0v) is 9.05. The van der Waals surface area contributed by atoms with Gasteiger partial charge in [-0.05, 0) is 17.0 Å². The second-order valence-electron chi connectivity index (χ2n) is 3.28. The molecule has 2 aromatic carbocycles. The zero-order valence-electron chi connectivity index (χ0n) is 8.29. The lowest BCUT2D eigenvalue weighted by Gasteiger charge is -2.10. The number of hydrogen-bond acceptors (Lipinski definition) is 1. The van der Waals surface area contributed by atoms with Crippen molar-refractivity contribution in [2.45, 2.75) is 12.5 Å². The molecule has 0 spiro atoms. The third-order valence-electron chi connectivity index (χ3n) is 2.31. The summed E-state index contributed by atoms with van der Waals surface area (Å²) in [6.45, 7) is -2.83. The molecule has 0 N–H and O–H groups in total. The molecule has 2 rings (SSSR count). The topological polar surface area (TPSA) is 9.23 Å². The smallest absolute Gasteiger partial charge is 0.387 e. The van der Waals surface area contributed by atoms with E-state index in [1.54, 1.807) is 12.1 Å². The summed E-state index contributed by atoms with van der Waals surface area (Å²) in [6.07, 6.45) is 0. The number of fused-ring (bicyclic) bond motifs is 1. The van der Waals surface area contributed by atoms with E-state index in [1.165, 1.54) is 6.07 Å². The summed E-state index contributed by atoms with van der Waals surface area (Å²) in [7, 11) is 0. The van der Waals surface area contributed by atoms with Gasteiger partial charge in [-0.15, -0.1) is 11.6 Å². The fraction of sp³-hybridized carbons (Fsp3) is 0.167. The molecular formula is C12H9ClF2O. The first-order valence-electron chi connectivity index (χ1n) is 4.74. The molecule has 1 nitrogen and oxygen atoms in total. The van der Waals surface area contributed by atoms with Gasteiger partial charge in [0.15, 0.2) is 0 Å². The summed E-state index contributed by atoms with van der Waals surface area (Å²) in [6, 6.07) is 10.5. The van der Waals surface area contributed by atoms with Crippen molar-refractivity contribution >= 4 is 22.4 Å². The Morgan fingerprint density at radius 2 is 1.81 bits per heavy atom. The van der Waals surface area contributed by atoms with E-state index in [1.807, 2.05) is 18.2 Å². The van der Waals surface area contributed by atoms with Gasteiger partial charge in [0.05, 0.1) is 0 Å². The van der Waals surface area contributed by atoms with Gasteiger partial charge in [0.25, 0.3) is 0 Å². The van der Waals surface area contributed by atoms with Crippen LogP contribution in [0.4, 0.5) is 8.78 Å². The molecule has 2 aromatic rings. The number of rotatable bonds is 3. The predicted octanol–water partition coefficient (Wildman–Crippen LogP) is 4.18. The van der Waals surface area contributed by atoms with Gasteiger partial charge in [-0.3, -0.25) is 0 Å². The highest BCUT2D eigenvalue weighted by molar-refractivity contribution is 6.18. The van der Waals surface area contributed by atoms with E-state index >= 15 is 0 Å². The minimum atomic E-state index is -2.83. The van der Waals surface area contributed by atoms with Crippen LogP contribution in [0.25, 0.3) is 10.8 Å². The van der Waals surface area contributed by atoms with E-state index < -0.39 is 6.61 Å². The third kappa shape index (κ3) is 2.09. The predicted molar refractivity (Wildman–Crippen MR) is 60.1 cm³/mol. The molecule has 0 aliphatic rings. The largest absolute Gasteiger partial charge is 0.434 e. The van der Waals surface area contributed by atoms with Crippen LogP contribution < -0.4 is 4.74 Å². The number of hydrogen-bond donors (Lipinski definition) is 0. The van der Waals surface area contributed by atoms with Crippen molar-refractivity contribution in [3.63, 3.8) is 0 Å². The Balaban J connectivity index is 2.63. The first-order valence-corrected chi connectivity index (χ1v) is 5.27. The molecule has 0 aliphatic carbocycles. The van der Waals surface area contributed by atoms with Gasteiger partial charge in [-0.25, -0.2) is 0 Å². The Morgan fingerprint density at radius 3 is 2.44 bits per heavy atom. The summed E-state index contributed by atoms with van der Waals surface area (Å²) < 4.78 is 28.9. The van der Waals surface area contributed by atoms with Crippen LogP contribution in [0.3, 0.4) is 0 Å². The average Bonchev–Trinajstić information content (AvgIpc) is 2.28. The molecule has 0 unspecified atom stereocenters. The monoisotopic (exact) mass is 242 g/mol. The Bertz CT molecular complexity index is 494. The molecule has 0 amide bonds. The maximum atomic E-state index is 12.2. The van der Waals surface area contributed by atoms with Gasteiger partial charge in [-0.2, -0.15) is 8.78 Å².